The quantitative estimate of drug-likeness (QED) is 0.880. The zero-order valence-electron chi connectivity index (χ0n) is 11.3. The van der Waals surface area contributed by atoms with Gasteiger partial charge in [-0.25, -0.2) is 9.78 Å². The number of nitrogens with one attached hydrogen (secondary N) is 1. The number of aryl methyl sites for hydroxylation is 2. The van der Waals surface area contributed by atoms with E-state index in [0.717, 1.165) is 28.3 Å². The van der Waals surface area contributed by atoms with E-state index in [2.05, 4.69) is 15.4 Å². The molecule has 20 heavy (non-hydrogen) atoms. The lowest BCUT2D eigenvalue weighted by molar-refractivity contribution is 0.0691. The number of carbonyl (C=O) groups excluding carboxylic acids is 1. The fourth-order valence-electron chi connectivity index (χ4n) is 1.79. The summed E-state index contributed by atoms with van der Waals surface area (Å²) in [4.78, 5) is 26.4. The van der Waals surface area contributed by atoms with E-state index >= 15 is 0 Å². The highest BCUT2D eigenvalue weighted by Crippen LogP contribution is 2.13. The van der Waals surface area contributed by atoms with Crippen molar-refractivity contribution in [2.45, 2.75) is 20.4 Å². The molecule has 0 aliphatic carbocycles. The third-order valence-electron chi connectivity index (χ3n) is 3.00. The number of amides is 1. The molecule has 8 heteroatoms. The van der Waals surface area contributed by atoms with Crippen LogP contribution in [0.5, 0.6) is 0 Å². The van der Waals surface area contributed by atoms with Gasteiger partial charge in [-0.1, -0.05) is 0 Å². The van der Waals surface area contributed by atoms with Crippen LogP contribution in [-0.4, -0.2) is 31.7 Å². The minimum absolute atomic E-state index is 0.117. The van der Waals surface area contributed by atoms with E-state index in [0.29, 0.717) is 6.54 Å². The summed E-state index contributed by atoms with van der Waals surface area (Å²) in [6.45, 7) is 4.14. The SMILES string of the molecule is Cc1nn(C)c(C)c1CNC(=O)c1nc(C(=O)O)cs1. The van der Waals surface area contributed by atoms with Crippen LogP contribution >= 0.6 is 11.3 Å². The fourth-order valence-corrected chi connectivity index (χ4v) is 2.50. The van der Waals surface area contributed by atoms with Crippen molar-refractivity contribution in [2.24, 2.45) is 7.05 Å². The molecule has 7 nitrogen and oxygen atoms in total. The van der Waals surface area contributed by atoms with Gasteiger partial charge in [0.15, 0.2) is 10.7 Å². The van der Waals surface area contributed by atoms with Crippen molar-refractivity contribution in [3.63, 3.8) is 0 Å². The van der Waals surface area contributed by atoms with E-state index in [1.165, 1.54) is 5.38 Å². The molecule has 106 valence electrons. The summed E-state index contributed by atoms with van der Waals surface area (Å²) < 4.78 is 1.75. The third-order valence-corrected chi connectivity index (χ3v) is 3.84. The molecular weight excluding hydrogens is 280 g/mol. The predicted octanol–water partition coefficient (Wildman–Crippen LogP) is 1.12. The molecule has 2 aromatic heterocycles. The lowest BCUT2D eigenvalue weighted by atomic mass is 10.2. The molecule has 0 fully saturated rings. The van der Waals surface area contributed by atoms with Gasteiger partial charge in [-0.05, 0) is 13.8 Å². The molecular formula is C12H14N4O3S. The largest absolute Gasteiger partial charge is 0.476 e. The van der Waals surface area contributed by atoms with Crippen LogP contribution in [0, 0.1) is 13.8 Å². The van der Waals surface area contributed by atoms with Crippen LogP contribution < -0.4 is 5.32 Å². The molecule has 0 aliphatic heterocycles. The number of carbonyl (C=O) groups is 2. The van der Waals surface area contributed by atoms with Crippen molar-refractivity contribution < 1.29 is 14.7 Å². The maximum Gasteiger partial charge on any atom is 0.355 e. The van der Waals surface area contributed by atoms with E-state index in [9.17, 15) is 9.59 Å². The predicted molar refractivity (Wildman–Crippen MR) is 72.9 cm³/mol. The van der Waals surface area contributed by atoms with Gasteiger partial charge in [-0.2, -0.15) is 5.10 Å². The zero-order valence-corrected chi connectivity index (χ0v) is 12.1. The Kier molecular flexibility index (Phi) is 3.84. The molecule has 0 bridgehead atoms. The van der Waals surface area contributed by atoms with Crippen LogP contribution in [0.2, 0.25) is 0 Å². The number of aromatic nitrogens is 3. The Morgan fingerprint density at radius 1 is 1.45 bits per heavy atom. The third kappa shape index (κ3) is 2.69. The first-order chi connectivity index (χ1) is 9.40. The van der Waals surface area contributed by atoms with Crippen LogP contribution in [0.15, 0.2) is 5.38 Å². The van der Waals surface area contributed by atoms with E-state index in [1.807, 2.05) is 20.9 Å². The average Bonchev–Trinajstić information content (AvgIpc) is 2.95. The molecule has 0 saturated carbocycles. The number of thiazole rings is 1. The van der Waals surface area contributed by atoms with Gasteiger partial charge in [-0.15, -0.1) is 11.3 Å². The van der Waals surface area contributed by atoms with Crippen molar-refractivity contribution in [1.82, 2.24) is 20.1 Å². The summed E-state index contributed by atoms with van der Waals surface area (Å²) in [5, 5.41) is 17.2. The highest BCUT2D eigenvalue weighted by atomic mass is 32.1. The molecule has 0 unspecified atom stereocenters. The van der Waals surface area contributed by atoms with Gasteiger partial charge in [0.05, 0.1) is 5.69 Å². The van der Waals surface area contributed by atoms with Gasteiger partial charge in [0.2, 0.25) is 0 Å². The van der Waals surface area contributed by atoms with Crippen molar-refractivity contribution >= 4 is 23.2 Å². The Morgan fingerprint density at radius 2 is 2.15 bits per heavy atom. The van der Waals surface area contributed by atoms with E-state index in [1.54, 1.807) is 4.68 Å². The maximum atomic E-state index is 11.9. The Morgan fingerprint density at radius 3 is 2.65 bits per heavy atom. The smallest absolute Gasteiger partial charge is 0.355 e. The second-order valence-corrected chi connectivity index (χ2v) is 5.16. The van der Waals surface area contributed by atoms with E-state index in [-0.39, 0.29) is 16.6 Å². The summed E-state index contributed by atoms with van der Waals surface area (Å²) in [7, 11) is 1.84. The molecule has 0 saturated heterocycles. The lowest BCUT2D eigenvalue weighted by Gasteiger charge is -2.03. The van der Waals surface area contributed by atoms with Crippen LogP contribution in [0.25, 0.3) is 0 Å². The normalized spacial score (nSPS) is 10.6. The lowest BCUT2D eigenvalue weighted by Crippen LogP contribution is -2.23. The molecule has 2 N–H and O–H groups in total. The highest BCUT2D eigenvalue weighted by molar-refractivity contribution is 7.11. The van der Waals surface area contributed by atoms with Crippen molar-refractivity contribution in [2.75, 3.05) is 0 Å². The van der Waals surface area contributed by atoms with Gasteiger partial charge in [0, 0.05) is 30.2 Å². The van der Waals surface area contributed by atoms with E-state index < -0.39 is 5.97 Å². The van der Waals surface area contributed by atoms with Crippen LogP contribution in [-0.2, 0) is 13.6 Å². The van der Waals surface area contributed by atoms with Crippen LogP contribution in [0.3, 0.4) is 0 Å². The summed E-state index contributed by atoms with van der Waals surface area (Å²) in [6, 6.07) is 0. The summed E-state index contributed by atoms with van der Waals surface area (Å²) in [5.41, 5.74) is 2.67. The Labute approximate surface area is 119 Å². The van der Waals surface area contributed by atoms with Crippen molar-refractivity contribution in [3.05, 3.63) is 33.0 Å². The van der Waals surface area contributed by atoms with Crippen molar-refractivity contribution in [1.29, 1.82) is 0 Å². The highest BCUT2D eigenvalue weighted by Gasteiger charge is 2.16. The zero-order chi connectivity index (χ0) is 14.9. The van der Waals surface area contributed by atoms with Gasteiger partial charge in [0.25, 0.3) is 5.91 Å². The van der Waals surface area contributed by atoms with Crippen molar-refractivity contribution in [3.8, 4) is 0 Å². The molecule has 0 spiro atoms. The Balaban J connectivity index is 2.06. The summed E-state index contributed by atoms with van der Waals surface area (Å²) in [6.07, 6.45) is 0. The Bertz CT molecular complexity index is 674. The molecule has 0 aliphatic rings. The topological polar surface area (TPSA) is 97.1 Å². The first-order valence-corrected chi connectivity index (χ1v) is 6.74. The average molecular weight is 294 g/mol. The number of carboxylic acids is 1. The van der Waals surface area contributed by atoms with E-state index in [4.69, 9.17) is 5.11 Å². The number of hydrogen-bond donors (Lipinski definition) is 2. The first kappa shape index (κ1) is 14.2. The van der Waals surface area contributed by atoms with Gasteiger partial charge in [-0.3, -0.25) is 9.48 Å². The van der Waals surface area contributed by atoms with Crippen LogP contribution in [0.1, 0.15) is 37.2 Å². The second-order valence-electron chi connectivity index (χ2n) is 4.30. The summed E-state index contributed by atoms with van der Waals surface area (Å²) >= 11 is 1.01. The number of rotatable bonds is 4. The standard InChI is InChI=1S/C12H14N4O3S/c1-6-8(7(2)16(3)15-6)4-13-10(17)11-14-9(5-20-11)12(18)19/h5H,4H2,1-3H3,(H,13,17)(H,18,19). The van der Waals surface area contributed by atoms with Gasteiger partial charge >= 0.3 is 5.97 Å². The fraction of sp³-hybridized carbons (Fsp3) is 0.333. The van der Waals surface area contributed by atoms with Gasteiger partial charge < -0.3 is 10.4 Å². The van der Waals surface area contributed by atoms with Crippen LogP contribution in [0.4, 0.5) is 0 Å². The number of nitrogens with zero attached hydrogens (tertiary/aromatic N) is 3. The summed E-state index contributed by atoms with van der Waals surface area (Å²) in [5.74, 6) is -1.52. The monoisotopic (exact) mass is 294 g/mol. The number of aromatic carboxylic acids is 1. The molecule has 2 heterocycles. The minimum atomic E-state index is -1.14. The maximum absolute atomic E-state index is 11.9. The van der Waals surface area contributed by atoms with Gasteiger partial charge in [0.1, 0.15) is 0 Å². The molecule has 0 atom stereocenters. The first-order valence-electron chi connectivity index (χ1n) is 5.86. The number of carboxylic acid groups (broad SMARTS) is 1. The molecule has 1 amide bonds. The molecule has 0 radical (unpaired) electrons. The Hall–Kier alpha value is -2.22. The molecule has 2 aromatic rings. The molecule has 2 rings (SSSR count). The minimum Gasteiger partial charge on any atom is -0.476 e. The number of hydrogen-bond acceptors (Lipinski definition) is 5. The molecule has 0 aromatic carbocycles. The second kappa shape index (κ2) is 5.41.